The molecule has 1 fully saturated rings. The first-order valence-corrected chi connectivity index (χ1v) is 6.48. The van der Waals surface area contributed by atoms with Crippen molar-refractivity contribution >= 4 is 17.4 Å². The summed E-state index contributed by atoms with van der Waals surface area (Å²) in [6, 6.07) is 3.68. The maximum atomic E-state index is 8.91. The predicted octanol–water partition coefficient (Wildman–Crippen LogP) is 3.70. The van der Waals surface area contributed by atoms with E-state index in [-0.39, 0.29) is 0 Å². The molecule has 3 nitrogen and oxygen atoms in total. The van der Waals surface area contributed by atoms with E-state index < -0.39 is 0 Å². The van der Waals surface area contributed by atoms with Crippen molar-refractivity contribution in [2.75, 3.05) is 11.9 Å². The molecule has 1 heterocycles. The number of anilines is 1. The molecule has 0 unspecified atom stereocenters. The molecule has 4 heteroatoms. The zero-order chi connectivity index (χ0) is 13.6. The molecule has 0 aliphatic heterocycles. The van der Waals surface area contributed by atoms with Crippen LogP contribution in [0.4, 0.5) is 5.82 Å². The van der Waals surface area contributed by atoms with Gasteiger partial charge in [-0.3, -0.25) is 0 Å². The Bertz CT molecular complexity index is 500. The SMILES string of the molecule is CC1(C)C(CNc2nccc(C#N)c2Cl)C1(C)C. The predicted molar refractivity (Wildman–Crippen MR) is 73.5 cm³/mol. The molecule has 1 aromatic rings. The van der Waals surface area contributed by atoms with Gasteiger partial charge in [-0.15, -0.1) is 0 Å². The summed E-state index contributed by atoms with van der Waals surface area (Å²) in [5, 5.41) is 12.6. The average molecular weight is 264 g/mol. The van der Waals surface area contributed by atoms with Crippen LogP contribution < -0.4 is 5.32 Å². The summed E-state index contributed by atoms with van der Waals surface area (Å²) in [7, 11) is 0. The van der Waals surface area contributed by atoms with Crippen molar-refractivity contribution in [3.05, 3.63) is 22.8 Å². The van der Waals surface area contributed by atoms with Gasteiger partial charge >= 0.3 is 0 Å². The van der Waals surface area contributed by atoms with Crippen LogP contribution in [0.3, 0.4) is 0 Å². The van der Waals surface area contributed by atoms with E-state index in [4.69, 9.17) is 16.9 Å². The van der Waals surface area contributed by atoms with Gasteiger partial charge in [0.2, 0.25) is 0 Å². The fourth-order valence-corrected chi connectivity index (χ4v) is 2.92. The molecular weight excluding hydrogens is 246 g/mol. The van der Waals surface area contributed by atoms with Crippen molar-refractivity contribution in [1.29, 1.82) is 5.26 Å². The molecule has 96 valence electrons. The Labute approximate surface area is 113 Å². The highest BCUT2D eigenvalue weighted by Gasteiger charge is 2.64. The summed E-state index contributed by atoms with van der Waals surface area (Å²) in [6.45, 7) is 9.95. The molecule has 0 amide bonds. The van der Waals surface area contributed by atoms with Gasteiger partial charge in [-0.1, -0.05) is 39.3 Å². The Hall–Kier alpha value is -1.27. The normalized spacial score (nSPS) is 20.2. The molecule has 1 aliphatic carbocycles. The number of nitrogens with one attached hydrogen (secondary N) is 1. The minimum Gasteiger partial charge on any atom is -0.368 e. The number of nitrogens with zero attached hydrogens (tertiary/aromatic N) is 2. The average Bonchev–Trinajstić information content (AvgIpc) is 2.69. The molecule has 2 rings (SSSR count). The molecule has 0 saturated heterocycles. The Kier molecular flexibility index (Phi) is 3.03. The zero-order valence-corrected chi connectivity index (χ0v) is 12.0. The molecule has 1 aliphatic rings. The number of rotatable bonds is 3. The van der Waals surface area contributed by atoms with E-state index in [1.54, 1.807) is 12.3 Å². The highest BCUT2D eigenvalue weighted by molar-refractivity contribution is 6.34. The topological polar surface area (TPSA) is 48.7 Å². The van der Waals surface area contributed by atoms with Gasteiger partial charge in [-0.2, -0.15) is 5.26 Å². The van der Waals surface area contributed by atoms with Gasteiger partial charge in [0.1, 0.15) is 16.9 Å². The van der Waals surface area contributed by atoms with Crippen LogP contribution in [0.5, 0.6) is 0 Å². The smallest absolute Gasteiger partial charge is 0.146 e. The van der Waals surface area contributed by atoms with Crippen molar-refractivity contribution in [2.45, 2.75) is 27.7 Å². The minimum atomic E-state index is 0.333. The number of halogens is 1. The quantitative estimate of drug-likeness (QED) is 0.905. The fourth-order valence-electron chi connectivity index (χ4n) is 2.70. The minimum absolute atomic E-state index is 0.333. The summed E-state index contributed by atoms with van der Waals surface area (Å²) >= 11 is 6.11. The number of nitriles is 1. The highest BCUT2D eigenvalue weighted by atomic mass is 35.5. The highest BCUT2D eigenvalue weighted by Crippen LogP contribution is 2.68. The molecule has 0 spiro atoms. The Morgan fingerprint density at radius 3 is 2.50 bits per heavy atom. The fraction of sp³-hybridized carbons (Fsp3) is 0.571. The van der Waals surface area contributed by atoms with E-state index in [0.717, 1.165) is 6.54 Å². The summed E-state index contributed by atoms with van der Waals surface area (Å²) in [4.78, 5) is 4.19. The third-order valence-corrected chi connectivity index (χ3v) is 5.19. The van der Waals surface area contributed by atoms with E-state index in [2.05, 4.69) is 44.1 Å². The first-order valence-electron chi connectivity index (χ1n) is 6.11. The lowest BCUT2D eigenvalue weighted by Gasteiger charge is -2.09. The van der Waals surface area contributed by atoms with Gasteiger partial charge in [0, 0.05) is 12.7 Å². The van der Waals surface area contributed by atoms with Crippen LogP contribution in [0.2, 0.25) is 5.02 Å². The second-order valence-electron chi connectivity index (χ2n) is 6.01. The summed E-state index contributed by atoms with van der Waals surface area (Å²) < 4.78 is 0. The van der Waals surface area contributed by atoms with Crippen LogP contribution in [0.1, 0.15) is 33.3 Å². The summed E-state index contributed by atoms with van der Waals surface area (Å²) in [5.41, 5.74) is 1.13. The third-order valence-electron chi connectivity index (χ3n) is 4.80. The number of aromatic nitrogens is 1. The van der Waals surface area contributed by atoms with Gasteiger partial charge in [0.25, 0.3) is 0 Å². The van der Waals surface area contributed by atoms with Gasteiger partial charge < -0.3 is 5.32 Å². The molecule has 1 N–H and O–H groups in total. The van der Waals surface area contributed by atoms with Crippen molar-refractivity contribution in [3.63, 3.8) is 0 Å². The zero-order valence-electron chi connectivity index (χ0n) is 11.2. The Morgan fingerprint density at radius 2 is 2.00 bits per heavy atom. The summed E-state index contributed by atoms with van der Waals surface area (Å²) in [5.74, 6) is 1.20. The molecular formula is C14H18ClN3. The molecule has 18 heavy (non-hydrogen) atoms. The number of hydrogen-bond acceptors (Lipinski definition) is 3. The van der Waals surface area contributed by atoms with Crippen LogP contribution in [0.25, 0.3) is 0 Å². The van der Waals surface area contributed by atoms with Crippen molar-refractivity contribution in [2.24, 2.45) is 16.7 Å². The molecule has 1 aromatic heterocycles. The van der Waals surface area contributed by atoms with Gasteiger partial charge in [0.15, 0.2) is 0 Å². The second-order valence-corrected chi connectivity index (χ2v) is 6.39. The molecule has 0 radical (unpaired) electrons. The lowest BCUT2D eigenvalue weighted by molar-refractivity contribution is 0.457. The number of pyridine rings is 1. The molecule has 1 saturated carbocycles. The number of hydrogen-bond donors (Lipinski definition) is 1. The van der Waals surface area contributed by atoms with Gasteiger partial charge in [-0.05, 0) is 22.8 Å². The third kappa shape index (κ3) is 1.85. The van der Waals surface area contributed by atoms with Gasteiger partial charge in [-0.25, -0.2) is 4.98 Å². The van der Waals surface area contributed by atoms with Crippen LogP contribution in [-0.2, 0) is 0 Å². The standard InChI is InChI=1S/C14H18ClN3/c1-13(2)10(14(13,3)4)8-18-12-11(15)9(7-16)5-6-17-12/h5-6,10H,8H2,1-4H3,(H,17,18). The lowest BCUT2D eigenvalue weighted by atomic mass is 10.0. The van der Waals surface area contributed by atoms with Gasteiger partial charge in [0.05, 0.1) is 5.56 Å². The summed E-state index contributed by atoms with van der Waals surface area (Å²) in [6.07, 6.45) is 1.61. The van der Waals surface area contributed by atoms with Crippen molar-refractivity contribution < 1.29 is 0 Å². The first kappa shape index (κ1) is 13.2. The van der Waals surface area contributed by atoms with E-state index >= 15 is 0 Å². The monoisotopic (exact) mass is 263 g/mol. The van der Waals surface area contributed by atoms with E-state index in [0.29, 0.717) is 33.2 Å². The van der Waals surface area contributed by atoms with Crippen LogP contribution in [0.15, 0.2) is 12.3 Å². The van der Waals surface area contributed by atoms with Crippen LogP contribution in [0, 0.1) is 28.1 Å². The largest absolute Gasteiger partial charge is 0.368 e. The first-order chi connectivity index (χ1) is 8.32. The second kappa shape index (κ2) is 4.13. The lowest BCUT2D eigenvalue weighted by Crippen LogP contribution is -2.10. The molecule has 0 aromatic carbocycles. The van der Waals surface area contributed by atoms with Crippen LogP contribution in [-0.4, -0.2) is 11.5 Å². The van der Waals surface area contributed by atoms with Crippen molar-refractivity contribution in [1.82, 2.24) is 4.98 Å². The van der Waals surface area contributed by atoms with Crippen LogP contribution >= 0.6 is 11.6 Å². The Morgan fingerprint density at radius 1 is 1.39 bits per heavy atom. The van der Waals surface area contributed by atoms with Crippen molar-refractivity contribution in [3.8, 4) is 6.07 Å². The maximum absolute atomic E-state index is 8.91. The van der Waals surface area contributed by atoms with E-state index in [9.17, 15) is 0 Å². The Balaban J connectivity index is 2.08. The maximum Gasteiger partial charge on any atom is 0.146 e. The molecule has 0 atom stereocenters. The molecule has 0 bridgehead atoms. The van der Waals surface area contributed by atoms with E-state index in [1.165, 1.54) is 0 Å². The van der Waals surface area contributed by atoms with E-state index in [1.807, 2.05) is 0 Å².